The van der Waals surface area contributed by atoms with Crippen molar-refractivity contribution in [1.29, 1.82) is 10.5 Å². The summed E-state index contributed by atoms with van der Waals surface area (Å²) in [6.07, 6.45) is 0. The van der Waals surface area contributed by atoms with Crippen molar-refractivity contribution in [3.05, 3.63) is 0 Å². The molecule has 0 heterocycles. The van der Waals surface area contributed by atoms with Crippen LogP contribution in [0.4, 0.5) is 0 Å². The molecule has 72 valence electrons. The van der Waals surface area contributed by atoms with Crippen LogP contribution >= 0.6 is 23.5 Å². The summed E-state index contributed by atoms with van der Waals surface area (Å²) in [6.45, 7) is -0.431. The molecular formula is C7H10N2O2S2. The molecule has 0 amide bonds. The molecule has 0 saturated carbocycles. The minimum absolute atomic E-state index is 0.215. The van der Waals surface area contributed by atoms with Crippen molar-refractivity contribution in [3.63, 3.8) is 0 Å². The number of aliphatic hydroxyl groups is 2. The van der Waals surface area contributed by atoms with Crippen LogP contribution in [-0.4, -0.2) is 34.9 Å². The zero-order chi connectivity index (χ0) is 10.2. The van der Waals surface area contributed by atoms with Crippen LogP contribution in [-0.2, 0) is 0 Å². The highest BCUT2D eigenvalue weighted by Crippen LogP contribution is 2.26. The van der Waals surface area contributed by atoms with Crippen molar-refractivity contribution >= 4 is 23.5 Å². The van der Waals surface area contributed by atoms with Crippen LogP contribution < -0.4 is 0 Å². The van der Waals surface area contributed by atoms with Crippen molar-refractivity contribution < 1.29 is 10.2 Å². The molecular weight excluding hydrogens is 208 g/mol. The van der Waals surface area contributed by atoms with E-state index < -0.39 is 5.41 Å². The van der Waals surface area contributed by atoms with Crippen molar-refractivity contribution in [2.24, 2.45) is 5.41 Å². The van der Waals surface area contributed by atoms with Crippen LogP contribution in [0.25, 0.3) is 0 Å². The molecule has 0 unspecified atom stereocenters. The minimum Gasteiger partial charge on any atom is -0.396 e. The van der Waals surface area contributed by atoms with E-state index >= 15 is 0 Å². The highest BCUT2D eigenvalue weighted by Gasteiger charge is 2.29. The number of thioether (sulfide) groups is 2. The molecule has 0 aliphatic carbocycles. The van der Waals surface area contributed by atoms with Crippen molar-refractivity contribution in [3.8, 4) is 10.8 Å². The van der Waals surface area contributed by atoms with Crippen LogP contribution in [0.5, 0.6) is 0 Å². The van der Waals surface area contributed by atoms with E-state index in [-0.39, 0.29) is 13.2 Å². The first-order chi connectivity index (χ1) is 6.24. The molecule has 2 N–H and O–H groups in total. The maximum absolute atomic E-state index is 9.02. The average molecular weight is 218 g/mol. The molecule has 0 radical (unpaired) electrons. The summed E-state index contributed by atoms with van der Waals surface area (Å²) >= 11 is 1.95. The number of thiocyanates is 2. The molecule has 0 rings (SSSR count). The van der Waals surface area contributed by atoms with Gasteiger partial charge in [0, 0.05) is 16.9 Å². The van der Waals surface area contributed by atoms with Gasteiger partial charge in [0.1, 0.15) is 10.8 Å². The molecule has 0 fully saturated rings. The molecule has 0 aromatic rings. The fraction of sp³-hybridized carbons (Fsp3) is 0.714. The third-order valence-corrected chi connectivity index (χ3v) is 3.33. The molecule has 0 aromatic heterocycles. The largest absolute Gasteiger partial charge is 0.396 e. The molecule has 0 aliphatic heterocycles. The Morgan fingerprint density at radius 2 is 1.38 bits per heavy atom. The van der Waals surface area contributed by atoms with Crippen LogP contribution in [0, 0.1) is 26.7 Å². The number of nitriles is 2. The molecule has 0 aliphatic rings. The highest BCUT2D eigenvalue weighted by molar-refractivity contribution is 8.04. The lowest BCUT2D eigenvalue weighted by Gasteiger charge is -2.26. The summed E-state index contributed by atoms with van der Waals surface area (Å²) in [4.78, 5) is 0. The van der Waals surface area contributed by atoms with Crippen LogP contribution in [0.2, 0.25) is 0 Å². The first-order valence-electron chi connectivity index (χ1n) is 3.48. The van der Waals surface area contributed by atoms with E-state index in [0.29, 0.717) is 11.5 Å². The van der Waals surface area contributed by atoms with Gasteiger partial charge < -0.3 is 10.2 Å². The first kappa shape index (κ1) is 12.6. The first-order valence-corrected chi connectivity index (χ1v) is 5.45. The number of rotatable bonds is 6. The quantitative estimate of drug-likeness (QED) is 0.627. The van der Waals surface area contributed by atoms with Gasteiger partial charge in [-0.15, -0.1) is 0 Å². The van der Waals surface area contributed by atoms with E-state index in [1.165, 1.54) is 0 Å². The topological polar surface area (TPSA) is 88.0 Å². The number of hydrogen-bond acceptors (Lipinski definition) is 6. The number of nitrogens with zero attached hydrogens (tertiary/aromatic N) is 2. The maximum atomic E-state index is 9.02. The predicted octanol–water partition coefficient (Wildman–Crippen LogP) is 0.386. The third kappa shape index (κ3) is 4.39. The molecule has 13 heavy (non-hydrogen) atoms. The molecule has 0 bridgehead atoms. The summed E-state index contributed by atoms with van der Waals surface area (Å²) in [5.41, 5.74) is -0.721. The minimum atomic E-state index is -0.721. The SMILES string of the molecule is N#CSCC(CO)(CO)CSC#N. The van der Waals surface area contributed by atoms with Gasteiger partial charge in [0.25, 0.3) is 0 Å². The molecule has 0 atom stereocenters. The second-order valence-corrected chi connectivity index (χ2v) is 4.10. The van der Waals surface area contributed by atoms with E-state index in [9.17, 15) is 0 Å². The Kier molecular flexibility index (Phi) is 6.83. The summed E-state index contributed by atoms with van der Waals surface area (Å²) in [6, 6.07) is 0. The van der Waals surface area contributed by atoms with Gasteiger partial charge in [-0.1, -0.05) is 0 Å². The predicted molar refractivity (Wildman–Crippen MR) is 52.7 cm³/mol. The van der Waals surface area contributed by atoms with Gasteiger partial charge in [0.15, 0.2) is 0 Å². The van der Waals surface area contributed by atoms with Crippen molar-refractivity contribution in [2.45, 2.75) is 0 Å². The lowest BCUT2D eigenvalue weighted by atomic mass is 9.96. The van der Waals surface area contributed by atoms with Crippen LogP contribution in [0.3, 0.4) is 0 Å². The van der Waals surface area contributed by atoms with E-state index in [1.807, 2.05) is 10.8 Å². The van der Waals surface area contributed by atoms with Crippen LogP contribution in [0.15, 0.2) is 0 Å². The third-order valence-electron chi connectivity index (χ3n) is 1.56. The summed E-state index contributed by atoms with van der Waals surface area (Å²) in [5.74, 6) is 0.677. The summed E-state index contributed by atoms with van der Waals surface area (Å²) in [7, 11) is 0. The summed E-state index contributed by atoms with van der Waals surface area (Å²) < 4.78 is 0. The van der Waals surface area contributed by atoms with Gasteiger partial charge in [-0.2, -0.15) is 10.5 Å². The van der Waals surface area contributed by atoms with Gasteiger partial charge in [-0.3, -0.25) is 0 Å². The fourth-order valence-electron chi connectivity index (χ4n) is 0.645. The highest BCUT2D eigenvalue weighted by atomic mass is 32.2. The Bertz CT molecular complexity index is 198. The number of aliphatic hydroxyl groups excluding tert-OH is 2. The average Bonchev–Trinajstić information content (AvgIpc) is 2.20. The Morgan fingerprint density at radius 3 is 1.62 bits per heavy atom. The zero-order valence-electron chi connectivity index (χ0n) is 6.93. The molecule has 0 saturated heterocycles. The van der Waals surface area contributed by atoms with Gasteiger partial charge in [-0.25, -0.2) is 0 Å². The lowest BCUT2D eigenvalue weighted by Crippen LogP contribution is -2.35. The molecule has 4 nitrogen and oxygen atoms in total. The van der Waals surface area contributed by atoms with Gasteiger partial charge in [0.05, 0.1) is 13.2 Å². The van der Waals surface area contributed by atoms with E-state index in [4.69, 9.17) is 20.7 Å². The maximum Gasteiger partial charge on any atom is 0.133 e. The van der Waals surface area contributed by atoms with Gasteiger partial charge in [-0.05, 0) is 23.5 Å². The van der Waals surface area contributed by atoms with Crippen LogP contribution in [0.1, 0.15) is 0 Å². The van der Waals surface area contributed by atoms with E-state index in [2.05, 4.69) is 0 Å². The number of hydrogen-bond donors (Lipinski definition) is 2. The van der Waals surface area contributed by atoms with E-state index in [0.717, 1.165) is 23.5 Å². The zero-order valence-corrected chi connectivity index (χ0v) is 8.57. The molecule has 0 spiro atoms. The lowest BCUT2D eigenvalue weighted by molar-refractivity contribution is 0.0935. The van der Waals surface area contributed by atoms with Gasteiger partial charge in [0.2, 0.25) is 0 Å². The molecule has 0 aromatic carbocycles. The Morgan fingerprint density at radius 1 is 1.00 bits per heavy atom. The second kappa shape index (κ2) is 7.05. The van der Waals surface area contributed by atoms with Crippen molar-refractivity contribution in [1.82, 2.24) is 0 Å². The normalized spacial score (nSPS) is 10.5. The summed E-state index contributed by atoms with van der Waals surface area (Å²) in [5, 5.41) is 38.4. The molecule has 6 heteroatoms. The van der Waals surface area contributed by atoms with E-state index in [1.54, 1.807) is 0 Å². The monoisotopic (exact) mass is 218 g/mol. The Hall–Kier alpha value is -0.400. The standard InChI is InChI=1S/C7H10N2O2S2/c8-5-12-3-7(1-10,2-11)4-13-6-9/h10-11H,1-4H2. The fourth-order valence-corrected chi connectivity index (χ4v) is 2.08. The van der Waals surface area contributed by atoms with Gasteiger partial charge >= 0.3 is 0 Å². The Balaban J connectivity index is 4.16. The second-order valence-electron chi connectivity index (χ2n) is 2.58. The van der Waals surface area contributed by atoms with Crippen molar-refractivity contribution in [2.75, 3.05) is 24.7 Å². The smallest absolute Gasteiger partial charge is 0.133 e. The Labute approximate surface area is 85.5 Å².